The van der Waals surface area contributed by atoms with Crippen LogP contribution in [0.1, 0.15) is 24.8 Å². The summed E-state index contributed by atoms with van der Waals surface area (Å²) in [6, 6.07) is 15.6. The molecule has 2 aromatic carbocycles. The maximum Gasteiger partial charge on any atom is 0.227 e. The van der Waals surface area contributed by atoms with E-state index < -0.39 is 0 Å². The van der Waals surface area contributed by atoms with Gasteiger partial charge in [0.05, 0.1) is 0 Å². The average molecular weight is 347 g/mol. The fraction of sp³-hybridized carbons (Fsp3) is 0.238. The first kappa shape index (κ1) is 16.4. The Balaban J connectivity index is 1.35. The van der Waals surface area contributed by atoms with Crippen LogP contribution < -0.4 is 10.2 Å². The topological polar surface area (TPSA) is 65.2 Å². The Kier molecular flexibility index (Phi) is 4.44. The normalized spacial score (nSPS) is 14.2. The van der Waals surface area contributed by atoms with E-state index in [0.717, 1.165) is 35.4 Å². The SMILES string of the molecule is O=C(CCc1c[nH]c2ccccc12)Nc1ccc(N2CCCC2=O)cc1. The van der Waals surface area contributed by atoms with Crippen molar-refractivity contribution in [3.8, 4) is 0 Å². The fourth-order valence-corrected chi connectivity index (χ4v) is 3.46. The first-order valence-electron chi connectivity index (χ1n) is 8.96. The lowest BCUT2D eigenvalue weighted by Gasteiger charge is -2.16. The van der Waals surface area contributed by atoms with E-state index in [1.807, 2.05) is 48.7 Å². The van der Waals surface area contributed by atoms with Crippen molar-refractivity contribution in [3.05, 3.63) is 60.3 Å². The number of nitrogens with zero attached hydrogens (tertiary/aromatic N) is 1. The molecule has 1 fully saturated rings. The molecule has 0 saturated carbocycles. The van der Waals surface area contributed by atoms with E-state index in [1.165, 1.54) is 5.39 Å². The Morgan fingerprint density at radius 1 is 1.12 bits per heavy atom. The molecule has 1 saturated heterocycles. The monoisotopic (exact) mass is 347 g/mol. The summed E-state index contributed by atoms with van der Waals surface area (Å²) >= 11 is 0. The van der Waals surface area contributed by atoms with Crippen LogP contribution in [0.4, 0.5) is 11.4 Å². The third kappa shape index (κ3) is 3.33. The van der Waals surface area contributed by atoms with Crippen LogP contribution in [0.2, 0.25) is 0 Å². The number of rotatable bonds is 5. The van der Waals surface area contributed by atoms with Gasteiger partial charge in [0.15, 0.2) is 0 Å². The van der Waals surface area contributed by atoms with E-state index >= 15 is 0 Å². The molecule has 132 valence electrons. The molecule has 0 unspecified atom stereocenters. The highest BCUT2D eigenvalue weighted by Crippen LogP contribution is 2.23. The highest BCUT2D eigenvalue weighted by molar-refractivity contribution is 5.96. The van der Waals surface area contributed by atoms with Crippen LogP contribution in [0.3, 0.4) is 0 Å². The summed E-state index contributed by atoms with van der Waals surface area (Å²) in [5.41, 5.74) is 3.89. The third-order valence-electron chi connectivity index (χ3n) is 4.83. The molecule has 5 heteroatoms. The number of para-hydroxylation sites is 1. The maximum absolute atomic E-state index is 12.3. The number of aryl methyl sites for hydroxylation is 1. The lowest BCUT2D eigenvalue weighted by molar-refractivity contribution is -0.117. The number of benzene rings is 2. The number of nitrogens with one attached hydrogen (secondary N) is 2. The van der Waals surface area contributed by atoms with Crippen LogP contribution in [0.15, 0.2) is 54.7 Å². The van der Waals surface area contributed by atoms with Crippen molar-refractivity contribution in [2.45, 2.75) is 25.7 Å². The number of amides is 2. The zero-order valence-electron chi connectivity index (χ0n) is 14.5. The summed E-state index contributed by atoms with van der Waals surface area (Å²) < 4.78 is 0. The molecule has 3 aromatic rings. The van der Waals surface area contributed by atoms with Gasteiger partial charge in [-0.3, -0.25) is 9.59 Å². The van der Waals surface area contributed by atoms with Gasteiger partial charge in [0.1, 0.15) is 0 Å². The van der Waals surface area contributed by atoms with Crippen LogP contribution in [-0.4, -0.2) is 23.3 Å². The van der Waals surface area contributed by atoms with Crippen LogP contribution in [0.5, 0.6) is 0 Å². The van der Waals surface area contributed by atoms with Crippen molar-refractivity contribution in [3.63, 3.8) is 0 Å². The van der Waals surface area contributed by atoms with Gasteiger partial charge in [-0.25, -0.2) is 0 Å². The number of fused-ring (bicyclic) bond motifs is 1. The Labute approximate surface area is 152 Å². The van der Waals surface area contributed by atoms with Gasteiger partial charge in [0.2, 0.25) is 11.8 Å². The van der Waals surface area contributed by atoms with Gasteiger partial charge < -0.3 is 15.2 Å². The summed E-state index contributed by atoms with van der Waals surface area (Å²) in [7, 11) is 0. The van der Waals surface area contributed by atoms with E-state index in [2.05, 4.69) is 16.4 Å². The average Bonchev–Trinajstić information content (AvgIpc) is 3.27. The van der Waals surface area contributed by atoms with Gasteiger partial charge in [-0.05, 0) is 48.7 Å². The minimum absolute atomic E-state index is 0.0136. The minimum atomic E-state index is -0.0136. The maximum atomic E-state index is 12.3. The van der Waals surface area contributed by atoms with Crippen LogP contribution in [0.25, 0.3) is 10.9 Å². The second-order valence-corrected chi connectivity index (χ2v) is 6.60. The van der Waals surface area contributed by atoms with Crippen LogP contribution >= 0.6 is 0 Å². The second-order valence-electron chi connectivity index (χ2n) is 6.60. The first-order valence-corrected chi connectivity index (χ1v) is 8.96. The molecule has 0 radical (unpaired) electrons. The molecule has 1 aliphatic rings. The summed E-state index contributed by atoms with van der Waals surface area (Å²) in [6.07, 6.45) is 4.61. The van der Waals surface area contributed by atoms with Crippen molar-refractivity contribution in [2.24, 2.45) is 0 Å². The van der Waals surface area contributed by atoms with Crippen molar-refractivity contribution in [1.29, 1.82) is 0 Å². The number of anilines is 2. The number of hydrogen-bond acceptors (Lipinski definition) is 2. The smallest absolute Gasteiger partial charge is 0.227 e. The van der Waals surface area contributed by atoms with E-state index in [9.17, 15) is 9.59 Å². The summed E-state index contributed by atoms with van der Waals surface area (Å²) in [5.74, 6) is 0.154. The predicted molar refractivity (Wildman–Crippen MR) is 103 cm³/mol. The molecule has 0 atom stereocenters. The molecule has 1 aromatic heterocycles. The standard InChI is InChI=1S/C21H21N3O2/c25-20(12-7-15-14-22-19-5-2-1-4-18(15)19)23-16-8-10-17(11-9-16)24-13-3-6-21(24)26/h1-2,4-5,8-11,14,22H,3,6-7,12-13H2,(H,23,25). The molecule has 0 bridgehead atoms. The number of hydrogen-bond donors (Lipinski definition) is 2. The van der Waals surface area contributed by atoms with Crippen molar-refractivity contribution in [2.75, 3.05) is 16.8 Å². The molecule has 2 N–H and O–H groups in total. The molecule has 2 amide bonds. The summed E-state index contributed by atoms with van der Waals surface area (Å²) in [5, 5.41) is 4.10. The number of carbonyl (C=O) groups is 2. The van der Waals surface area contributed by atoms with Gasteiger partial charge in [-0.15, -0.1) is 0 Å². The minimum Gasteiger partial charge on any atom is -0.361 e. The van der Waals surface area contributed by atoms with Crippen molar-refractivity contribution < 1.29 is 9.59 Å². The highest BCUT2D eigenvalue weighted by Gasteiger charge is 2.21. The molecule has 5 nitrogen and oxygen atoms in total. The van der Waals surface area contributed by atoms with Crippen LogP contribution in [0, 0.1) is 0 Å². The highest BCUT2D eigenvalue weighted by atomic mass is 16.2. The molecule has 4 rings (SSSR count). The van der Waals surface area contributed by atoms with Crippen molar-refractivity contribution in [1.82, 2.24) is 4.98 Å². The zero-order chi connectivity index (χ0) is 17.9. The Hall–Kier alpha value is -3.08. The Morgan fingerprint density at radius 2 is 1.92 bits per heavy atom. The van der Waals surface area contributed by atoms with E-state index in [0.29, 0.717) is 19.3 Å². The Morgan fingerprint density at radius 3 is 2.69 bits per heavy atom. The quantitative estimate of drug-likeness (QED) is 0.736. The molecule has 2 heterocycles. The molecular formula is C21H21N3O2. The van der Waals surface area contributed by atoms with Gasteiger partial charge in [0.25, 0.3) is 0 Å². The Bertz CT molecular complexity index is 943. The number of carbonyl (C=O) groups excluding carboxylic acids is 2. The van der Waals surface area contributed by atoms with Gasteiger partial charge in [-0.2, -0.15) is 0 Å². The first-order chi connectivity index (χ1) is 12.7. The largest absolute Gasteiger partial charge is 0.361 e. The molecule has 1 aliphatic heterocycles. The van der Waals surface area contributed by atoms with Crippen LogP contribution in [-0.2, 0) is 16.0 Å². The number of aromatic nitrogens is 1. The number of H-pyrrole nitrogens is 1. The fourth-order valence-electron chi connectivity index (χ4n) is 3.46. The van der Waals surface area contributed by atoms with E-state index in [1.54, 1.807) is 4.90 Å². The van der Waals surface area contributed by atoms with Crippen molar-refractivity contribution >= 4 is 34.1 Å². The molecule has 0 aliphatic carbocycles. The molecule has 0 spiro atoms. The third-order valence-corrected chi connectivity index (χ3v) is 4.83. The number of aromatic amines is 1. The van der Waals surface area contributed by atoms with Gasteiger partial charge >= 0.3 is 0 Å². The lowest BCUT2D eigenvalue weighted by atomic mass is 10.1. The molecule has 26 heavy (non-hydrogen) atoms. The summed E-state index contributed by atoms with van der Waals surface area (Å²) in [6.45, 7) is 0.773. The summed E-state index contributed by atoms with van der Waals surface area (Å²) in [4.78, 5) is 29.1. The van der Waals surface area contributed by atoms with Gasteiger partial charge in [-0.1, -0.05) is 18.2 Å². The second kappa shape index (κ2) is 7.04. The van der Waals surface area contributed by atoms with Gasteiger partial charge in [0, 0.05) is 47.9 Å². The predicted octanol–water partition coefficient (Wildman–Crippen LogP) is 3.87. The van der Waals surface area contributed by atoms with E-state index in [-0.39, 0.29) is 11.8 Å². The van der Waals surface area contributed by atoms with E-state index in [4.69, 9.17) is 0 Å². The molecular weight excluding hydrogens is 326 g/mol. The zero-order valence-corrected chi connectivity index (χ0v) is 14.5. The lowest BCUT2D eigenvalue weighted by Crippen LogP contribution is -2.23.